The third kappa shape index (κ3) is 2.99. The second-order valence-corrected chi connectivity index (χ2v) is 3.88. The van der Waals surface area contributed by atoms with Crippen molar-refractivity contribution in [1.82, 2.24) is 0 Å². The topological polar surface area (TPSA) is 97.4 Å². The Morgan fingerprint density at radius 3 is 2.39 bits per heavy atom. The van der Waals surface area contributed by atoms with Gasteiger partial charge in [0, 0.05) is 0 Å². The molecular weight excluding hydrogens is 247 g/mol. The Balaban J connectivity index is 2.64. The predicted molar refractivity (Wildman–Crippen MR) is 55.9 cm³/mol. The van der Waals surface area contributed by atoms with Crippen molar-refractivity contribution < 1.29 is 37.8 Å². The number of rotatable bonds is 4. The van der Waals surface area contributed by atoms with Crippen molar-refractivity contribution in [3.8, 4) is 0 Å². The Hall–Kier alpha value is -1.61. The van der Waals surface area contributed by atoms with Gasteiger partial charge in [0.1, 0.15) is 5.60 Å². The normalized spacial score (nSPS) is 19.4. The summed E-state index contributed by atoms with van der Waals surface area (Å²) in [5.41, 5.74) is -1.38. The van der Waals surface area contributed by atoms with Gasteiger partial charge in [-0.25, -0.2) is 9.59 Å². The van der Waals surface area contributed by atoms with Crippen LogP contribution in [0, 0.1) is 0 Å². The summed E-state index contributed by atoms with van der Waals surface area (Å²) < 4.78 is 23.5. The molecule has 0 saturated carbocycles. The predicted octanol–water partition coefficient (Wildman–Crippen LogP) is -0.946. The number of ether oxygens (including phenoxy) is 2. The van der Waals surface area contributed by atoms with Gasteiger partial charge in [0.15, 0.2) is 0 Å². The van der Waals surface area contributed by atoms with Gasteiger partial charge in [-0.2, -0.15) is 0 Å². The number of hydrogen-bond donors (Lipinski definition) is 0. The first-order chi connectivity index (χ1) is 8.31. The third-order valence-corrected chi connectivity index (χ3v) is 2.16. The summed E-state index contributed by atoms with van der Waals surface area (Å²) in [6.07, 6.45) is -1.51. The van der Waals surface area contributed by atoms with Gasteiger partial charge in [-0.15, -0.1) is 0 Å². The van der Waals surface area contributed by atoms with Gasteiger partial charge >= 0.3 is 25.2 Å². The second-order valence-electron chi connectivity index (χ2n) is 3.88. The molecule has 100 valence electrons. The Bertz CT molecular complexity index is 366. The summed E-state index contributed by atoms with van der Waals surface area (Å²) in [4.78, 5) is 33.7. The first kappa shape index (κ1) is 14.5. The fourth-order valence-corrected chi connectivity index (χ4v) is 1.20. The van der Waals surface area contributed by atoms with Crippen LogP contribution < -0.4 is 0 Å². The van der Waals surface area contributed by atoms with Crippen LogP contribution >= 0.6 is 0 Å². The summed E-state index contributed by atoms with van der Waals surface area (Å²) in [7, 11) is 0.827. The van der Waals surface area contributed by atoms with Crippen LogP contribution in [0.2, 0.25) is 0 Å². The average Bonchev–Trinajstić information content (AvgIpc) is 2.67. The lowest BCUT2D eigenvalue weighted by atomic mass is 10.1. The Kier molecular flexibility index (Phi) is 4.30. The molecule has 0 radical (unpaired) electrons. The molecular formula is C9H13BO8. The van der Waals surface area contributed by atoms with Gasteiger partial charge in [0.2, 0.25) is 6.10 Å². The first-order valence-corrected chi connectivity index (χ1v) is 5.02. The van der Waals surface area contributed by atoms with Gasteiger partial charge < -0.3 is 23.4 Å². The SMILES string of the molecule is COC(=O)C1OB(OC(C)(C)C(=O)OC)OC1=O. The summed E-state index contributed by atoms with van der Waals surface area (Å²) in [5.74, 6) is -2.52. The molecule has 8 nitrogen and oxygen atoms in total. The highest BCUT2D eigenvalue weighted by Gasteiger charge is 2.51. The van der Waals surface area contributed by atoms with Gasteiger partial charge in [-0.1, -0.05) is 0 Å². The Labute approximate surface area is 104 Å². The van der Waals surface area contributed by atoms with Crippen LogP contribution in [-0.2, 0) is 37.8 Å². The molecule has 18 heavy (non-hydrogen) atoms. The van der Waals surface area contributed by atoms with Crippen molar-refractivity contribution in [2.24, 2.45) is 0 Å². The van der Waals surface area contributed by atoms with E-state index in [9.17, 15) is 14.4 Å². The summed E-state index contributed by atoms with van der Waals surface area (Å²) >= 11 is 0. The highest BCUT2D eigenvalue weighted by atomic mass is 16.8. The van der Waals surface area contributed by atoms with Crippen LogP contribution in [0.15, 0.2) is 0 Å². The maximum absolute atomic E-state index is 11.3. The van der Waals surface area contributed by atoms with Crippen molar-refractivity contribution in [2.75, 3.05) is 14.2 Å². The zero-order chi connectivity index (χ0) is 13.9. The van der Waals surface area contributed by atoms with E-state index in [-0.39, 0.29) is 0 Å². The minimum absolute atomic E-state index is 0.677. The van der Waals surface area contributed by atoms with Crippen molar-refractivity contribution in [3.63, 3.8) is 0 Å². The highest BCUT2D eigenvalue weighted by molar-refractivity contribution is 6.43. The second kappa shape index (κ2) is 5.36. The van der Waals surface area contributed by atoms with E-state index in [0.717, 1.165) is 7.11 Å². The summed E-state index contributed by atoms with van der Waals surface area (Å²) in [5, 5.41) is 0. The van der Waals surface area contributed by atoms with E-state index >= 15 is 0 Å². The number of hydrogen-bond acceptors (Lipinski definition) is 8. The lowest BCUT2D eigenvalue weighted by Crippen LogP contribution is -2.42. The summed E-state index contributed by atoms with van der Waals surface area (Å²) in [6, 6.07) is 0. The Morgan fingerprint density at radius 2 is 1.89 bits per heavy atom. The molecule has 0 aromatic rings. The lowest BCUT2D eigenvalue weighted by Gasteiger charge is -2.22. The number of carbonyl (C=O) groups excluding carboxylic acids is 3. The average molecular weight is 260 g/mol. The molecule has 0 aliphatic carbocycles. The van der Waals surface area contributed by atoms with E-state index in [4.69, 9.17) is 9.31 Å². The van der Waals surface area contributed by atoms with Crippen molar-refractivity contribution in [1.29, 1.82) is 0 Å². The van der Waals surface area contributed by atoms with Crippen LogP contribution in [0.25, 0.3) is 0 Å². The number of methoxy groups -OCH3 is 2. The molecule has 1 heterocycles. The molecule has 1 fully saturated rings. The van der Waals surface area contributed by atoms with E-state index in [1.165, 1.54) is 21.0 Å². The fourth-order valence-electron chi connectivity index (χ4n) is 1.20. The summed E-state index contributed by atoms with van der Waals surface area (Å²) in [6.45, 7) is 2.81. The van der Waals surface area contributed by atoms with E-state index in [2.05, 4.69) is 14.1 Å². The third-order valence-electron chi connectivity index (χ3n) is 2.16. The van der Waals surface area contributed by atoms with Crippen molar-refractivity contribution in [3.05, 3.63) is 0 Å². The van der Waals surface area contributed by atoms with E-state index in [1.54, 1.807) is 0 Å². The molecule has 0 amide bonds. The quantitative estimate of drug-likeness (QED) is 0.362. The van der Waals surface area contributed by atoms with Crippen molar-refractivity contribution in [2.45, 2.75) is 25.6 Å². The maximum Gasteiger partial charge on any atom is 0.717 e. The molecule has 1 unspecified atom stereocenters. The zero-order valence-corrected chi connectivity index (χ0v) is 10.4. The molecule has 1 atom stereocenters. The Morgan fingerprint density at radius 1 is 1.28 bits per heavy atom. The van der Waals surface area contributed by atoms with Crippen LogP contribution in [0.1, 0.15) is 13.8 Å². The van der Waals surface area contributed by atoms with E-state index < -0.39 is 36.9 Å². The molecule has 0 aromatic heterocycles. The minimum atomic E-state index is -1.51. The molecule has 0 aromatic carbocycles. The standard InChI is InChI=1S/C9H13BO8/c1-9(2,8(13)15-4)18-10-16-5(6(11)14-3)7(12)17-10/h5H,1-4H3. The minimum Gasteiger partial charge on any atom is -0.482 e. The molecule has 0 spiro atoms. The fraction of sp³-hybridized carbons (Fsp3) is 0.667. The molecule has 1 aliphatic rings. The number of carbonyl (C=O) groups is 3. The first-order valence-electron chi connectivity index (χ1n) is 5.02. The van der Waals surface area contributed by atoms with E-state index in [0.29, 0.717) is 0 Å². The van der Waals surface area contributed by atoms with Gasteiger partial charge in [-0.3, -0.25) is 4.79 Å². The largest absolute Gasteiger partial charge is 0.717 e. The van der Waals surface area contributed by atoms with Crippen LogP contribution in [0.3, 0.4) is 0 Å². The maximum atomic E-state index is 11.3. The molecule has 0 N–H and O–H groups in total. The van der Waals surface area contributed by atoms with Gasteiger partial charge in [0.25, 0.3) is 0 Å². The molecule has 1 saturated heterocycles. The molecule has 1 aliphatic heterocycles. The molecule has 1 rings (SSSR count). The molecule has 0 bridgehead atoms. The van der Waals surface area contributed by atoms with E-state index in [1.807, 2.05) is 0 Å². The lowest BCUT2D eigenvalue weighted by molar-refractivity contribution is -0.158. The zero-order valence-electron chi connectivity index (χ0n) is 10.4. The van der Waals surface area contributed by atoms with Gasteiger partial charge in [-0.05, 0) is 13.8 Å². The van der Waals surface area contributed by atoms with Gasteiger partial charge in [0.05, 0.1) is 14.2 Å². The number of esters is 2. The monoisotopic (exact) mass is 260 g/mol. The molecule has 9 heteroatoms. The van der Waals surface area contributed by atoms with Crippen molar-refractivity contribution >= 4 is 25.2 Å². The highest BCUT2D eigenvalue weighted by Crippen LogP contribution is 2.19. The van der Waals surface area contributed by atoms with Crippen LogP contribution in [0.4, 0.5) is 0 Å². The van der Waals surface area contributed by atoms with Crippen LogP contribution in [0.5, 0.6) is 0 Å². The smallest absolute Gasteiger partial charge is 0.482 e. The van der Waals surface area contributed by atoms with Crippen LogP contribution in [-0.4, -0.2) is 51.2 Å².